The SMILES string of the molecule is CCn1c(CNC(=O)c2ccccc2F)nnc1SCC(=O)Nc1cc(C(F)(F)F)ccc1Cl. The molecular weight excluding hydrogens is 498 g/mol. The van der Waals surface area contributed by atoms with Gasteiger partial charge in [-0.15, -0.1) is 10.2 Å². The lowest BCUT2D eigenvalue weighted by molar-refractivity contribution is -0.137. The fraction of sp³-hybridized carbons (Fsp3) is 0.238. The van der Waals surface area contributed by atoms with E-state index in [4.69, 9.17) is 11.6 Å². The smallest absolute Gasteiger partial charge is 0.345 e. The van der Waals surface area contributed by atoms with Gasteiger partial charge in [0, 0.05) is 6.54 Å². The summed E-state index contributed by atoms with van der Waals surface area (Å²) in [5.74, 6) is -1.65. The second-order valence-electron chi connectivity index (χ2n) is 6.83. The first kappa shape index (κ1) is 25.5. The van der Waals surface area contributed by atoms with Gasteiger partial charge in [-0.05, 0) is 37.3 Å². The zero-order chi connectivity index (χ0) is 24.9. The summed E-state index contributed by atoms with van der Waals surface area (Å²) < 4.78 is 54.1. The molecule has 13 heteroatoms. The zero-order valence-corrected chi connectivity index (χ0v) is 19.2. The Balaban J connectivity index is 1.61. The van der Waals surface area contributed by atoms with Crippen LogP contribution in [-0.4, -0.2) is 32.3 Å². The van der Waals surface area contributed by atoms with Crippen molar-refractivity contribution in [1.82, 2.24) is 20.1 Å². The van der Waals surface area contributed by atoms with Crippen molar-refractivity contribution < 1.29 is 27.2 Å². The summed E-state index contributed by atoms with van der Waals surface area (Å²) in [6.45, 7) is 2.19. The Morgan fingerprint density at radius 1 is 1.15 bits per heavy atom. The van der Waals surface area contributed by atoms with Crippen molar-refractivity contribution in [2.24, 2.45) is 0 Å². The molecule has 0 saturated heterocycles. The van der Waals surface area contributed by atoms with E-state index in [1.807, 2.05) is 0 Å². The number of aromatic nitrogens is 3. The molecule has 0 saturated carbocycles. The maximum Gasteiger partial charge on any atom is 0.416 e. The highest BCUT2D eigenvalue weighted by atomic mass is 35.5. The number of halogens is 5. The average molecular weight is 516 g/mol. The van der Waals surface area contributed by atoms with Crippen LogP contribution >= 0.6 is 23.4 Å². The molecule has 0 unspecified atom stereocenters. The van der Waals surface area contributed by atoms with Gasteiger partial charge in [-0.25, -0.2) is 4.39 Å². The molecule has 0 atom stereocenters. The quantitative estimate of drug-likeness (QED) is 0.333. The molecule has 0 fully saturated rings. The molecule has 2 amide bonds. The Kier molecular flexibility index (Phi) is 8.15. The van der Waals surface area contributed by atoms with E-state index >= 15 is 0 Å². The number of rotatable bonds is 8. The summed E-state index contributed by atoms with van der Waals surface area (Å²) >= 11 is 6.91. The van der Waals surface area contributed by atoms with Crippen molar-refractivity contribution in [3.63, 3.8) is 0 Å². The van der Waals surface area contributed by atoms with Gasteiger partial charge in [-0.1, -0.05) is 35.5 Å². The van der Waals surface area contributed by atoms with Gasteiger partial charge in [0.05, 0.1) is 34.1 Å². The van der Waals surface area contributed by atoms with E-state index in [1.54, 1.807) is 17.6 Å². The zero-order valence-electron chi connectivity index (χ0n) is 17.6. The van der Waals surface area contributed by atoms with Gasteiger partial charge in [-0.2, -0.15) is 13.2 Å². The number of nitrogens with one attached hydrogen (secondary N) is 2. The number of thioether (sulfide) groups is 1. The van der Waals surface area contributed by atoms with Gasteiger partial charge in [0.15, 0.2) is 11.0 Å². The van der Waals surface area contributed by atoms with E-state index in [-0.39, 0.29) is 28.6 Å². The van der Waals surface area contributed by atoms with E-state index in [0.29, 0.717) is 17.5 Å². The molecule has 34 heavy (non-hydrogen) atoms. The number of alkyl halides is 3. The second-order valence-corrected chi connectivity index (χ2v) is 8.18. The van der Waals surface area contributed by atoms with Crippen LogP contribution in [0.15, 0.2) is 47.6 Å². The first-order valence-corrected chi connectivity index (χ1v) is 11.2. The Morgan fingerprint density at radius 2 is 1.88 bits per heavy atom. The fourth-order valence-corrected chi connectivity index (χ4v) is 3.87. The number of anilines is 1. The molecule has 0 bridgehead atoms. The summed E-state index contributed by atoms with van der Waals surface area (Å²) in [4.78, 5) is 24.5. The van der Waals surface area contributed by atoms with E-state index < -0.39 is 29.4 Å². The van der Waals surface area contributed by atoms with Crippen LogP contribution in [0.3, 0.4) is 0 Å². The number of carbonyl (C=O) groups excluding carboxylic acids is 2. The van der Waals surface area contributed by atoms with Crippen molar-refractivity contribution in [3.05, 3.63) is 70.3 Å². The van der Waals surface area contributed by atoms with Crippen LogP contribution in [0.1, 0.15) is 28.7 Å². The molecule has 1 heterocycles. The standard InChI is InChI=1S/C21H18ClF4N5O2S/c1-2-31-17(10-27-19(33)13-5-3-4-6-15(13)23)29-30-20(31)34-11-18(32)28-16-9-12(21(24,25)26)7-8-14(16)22/h3-9H,2,10-11H2,1H3,(H,27,33)(H,28,32). The van der Waals surface area contributed by atoms with E-state index in [2.05, 4.69) is 20.8 Å². The lowest BCUT2D eigenvalue weighted by atomic mass is 10.2. The molecule has 1 aromatic heterocycles. The largest absolute Gasteiger partial charge is 0.416 e. The van der Waals surface area contributed by atoms with Gasteiger partial charge >= 0.3 is 6.18 Å². The summed E-state index contributed by atoms with van der Waals surface area (Å²) in [7, 11) is 0. The third kappa shape index (κ3) is 6.26. The van der Waals surface area contributed by atoms with E-state index in [9.17, 15) is 27.2 Å². The lowest BCUT2D eigenvalue weighted by Crippen LogP contribution is -2.25. The molecule has 0 radical (unpaired) electrons. The Hall–Kier alpha value is -3.12. The monoisotopic (exact) mass is 515 g/mol. The Bertz CT molecular complexity index is 1200. The molecule has 3 rings (SSSR count). The van der Waals surface area contributed by atoms with Crippen LogP contribution in [0.25, 0.3) is 0 Å². The second kappa shape index (κ2) is 10.9. The van der Waals surface area contributed by atoms with Crippen molar-refractivity contribution in [3.8, 4) is 0 Å². The normalized spacial score (nSPS) is 11.4. The van der Waals surface area contributed by atoms with Crippen molar-refractivity contribution in [1.29, 1.82) is 0 Å². The van der Waals surface area contributed by atoms with Gasteiger partial charge < -0.3 is 15.2 Å². The highest BCUT2D eigenvalue weighted by Gasteiger charge is 2.31. The number of hydrogen-bond acceptors (Lipinski definition) is 5. The predicted molar refractivity (Wildman–Crippen MR) is 119 cm³/mol. The minimum Gasteiger partial charge on any atom is -0.345 e. The van der Waals surface area contributed by atoms with Crippen LogP contribution in [0.2, 0.25) is 5.02 Å². The van der Waals surface area contributed by atoms with Crippen molar-refractivity contribution in [2.45, 2.75) is 31.3 Å². The maximum absolute atomic E-state index is 13.8. The number of hydrogen-bond donors (Lipinski definition) is 2. The first-order chi connectivity index (χ1) is 16.1. The number of amides is 2. The Labute approximate surface area is 200 Å². The van der Waals surface area contributed by atoms with Crippen LogP contribution in [0, 0.1) is 5.82 Å². The average Bonchev–Trinajstić information content (AvgIpc) is 3.19. The molecule has 7 nitrogen and oxygen atoms in total. The van der Waals surface area contributed by atoms with Crippen LogP contribution < -0.4 is 10.6 Å². The summed E-state index contributed by atoms with van der Waals surface area (Å²) in [5, 5.41) is 13.2. The highest BCUT2D eigenvalue weighted by Crippen LogP contribution is 2.34. The minimum atomic E-state index is -4.57. The minimum absolute atomic E-state index is 0.0272. The lowest BCUT2D eigenvalue weighted by Gasteiger charge is -2.12. The maximum atomic E-state index is 13.8. The number of nitrogens with zero attached hydrogens (tertiary/aromatic N) is 3. The van der Waals surface area contributed by atoms with Crippen LogP contribution in [-0.2, 0) is 24.1 Å². The molecule has 180 valence electrons. The van der Waals surface area contributed by atoms with Gasteiger partial charge in [-0.3, -0.25) is 9.59 Å². The van der Waals surface area contributed by atoms with Gasteiger partial charge in [0.1, 0.15) is 5.82 Å². The van der Waals surface area contributed by atoms with Gasteiger partial charge in [0.25, 0.3) is 5.91 Å². The van der Waals surface area contributed by atoms with Crippen LogP contribution in [0.5, 0.6) is 0 Å². The topological polar surface area (TPSA) is 88.9 Å². The number of benzene rings is 2. The highest BCUT2D eigenvalue weighted by molar-refractivity contribution is 7.99. The molecule has 0 aliphatic carbocycles. The molecule has 2 N–H and O–H groups in total. The Morgan fingerprint density at radius 3 is 2.56 bits per heavy atom. The predicted octanol–water partition coefficient (Wildman–Crippen LogP) is 4.77. The first-order valence-electron chi connectivity index (χ1n) is 9.84. The van der Waals surface area contributed by atoms with E-state index in [0.717, 1.165) is 30.0 Å². The summed E-state index contributed by atoms with van der Waals surface area (Å²) in [6, 6.07) is 8.18. The molecule has 2 aromatic carbocycles. The van der Waals surface area contributed by atoms with Crippen molar-refractivity contribution >= 4 is 40.9 Å². The molecule has 0 spiro atoms. The summed E-state index contributed by atoms with van der Waals surface area (Å²) in [6.07, 6.45) is -4.57. The third-order valence-electron chi connectivity index (χ3n) is 4.54. The molecule has 0 aliphatic heterocycles. The van der Waals surface area contributed by atoms with E-state index in [1.165, 1.54) is 18.2 Å². The third-order valence-corrected chi connectivity index (χ3v) is 5.83. The molecule has 3 aromatic rings. The molecule has 0 aliphatic rings. The van der Waals surface area contributed by atoms with Gasteiger partial charge in [0.2, 0.25) is 5.91 Å². The van der Waals surface area contributed by atoms with Crippen molar-refractivity contribution in [2.75, 3.05) is 11.1 Å². The van der Waals surface area contributed by atoms with Crippen LogP contribution in [0.4, 0.5) is 23.2 Å². The summed E-state index contributed by atoms with van der Waals surface area (Å²) in [5.41, 5.74) is -1.20. The fourth-order valence-electron chi connectivity index (χ4n) is 2.89. The number of carbonyl (C=O) groups is 2. The molecular formula is C21H18ClF4N5O2S.